The second kappa shape index (κ2) is 4.78. The highest BCUT2D eigenvalue weighted by Gasteiger charge is 2.27. The van der Waals surface area contributed by atoms with Gasteiger partial charge >= 0.3 is 0 Å². The molecule has 3 nitrogen and oxygen atoms in total. The Morgan fingerprint density at radius 1 is 1.53 bits per heavy atom. The summed E-state index contributed by atoms with van der Waals surface area (Å²) in [5.74, 6) is 1.39. The first-order valence-corrected chi connectivity index (χ1v) is 6.22. The molecule has 1 fully saturated rings. The molecular formula is C14H20N2O. The molecule has 1 aromatic rings. The number of rotatable bonds is 4. The van der Waals surface area contributed by atoms with Crippen LogP contribution in [0.15, 0.2) is 18.2 Å². The van der Waals surface area contributed by atoms with Crippen LogP contribution in [0.1, 0.15) is 35.7 Å². The van der Waals surface area contributed by atoms with Crippen LogP contribution in [-0.2, 0) is 0 Å². The third kappa shape index (κ3) is 2.99. The van der Waals surface area contributed by atoms with Crippen LogP contribution in [0.3, 0.4) is 0 Å². The summed E-state index contributed by atoms with van der Waals surface area (Å²) in [5, 5.41) is 2.99. The molecule has 2 rings (SSSR count). The number of amides is 1. The zero-order valence-corrected chi connectivity index (χ0v) is 10.5. The van der Waals surface area contributed by atoms with Gasteiger partial charge in [-0.3, -0.25) is 4.79 Å². The van der Waals surface area contributed by atoms with Crippen molar-refractivity contribution in [2.45, 2.75) is 26.7 Å². The Bertz CT molecular complexity index is 424. The van der Waals surface area contributed by atoms with Crippen LogP contribution in [0, 0.1) is 18.8 Å². The molecule has 3 heteroatoms. The van der Waals surface area contributed by atoms with E-state index in [0.29, 0.717) is 17.2 Å². The van der Waals surface area contributed by atoms with Crippen LogP contribution < -0.4 is 11.1 Å². The Morgan fingerprint density at radius 2 is 2.24 bits per heavy atom. The summed E-state index contributed by atoms with van der Waals surface area (Å²) in [4.78, 5) is 12.0. The van der Waals surface area contributed by atoms with Gasteiger partial charge in [0.1, 0.15) is 0 Å². The number of benzene rings is 1. The number of hydrogen-bond acceptors (Lipinski definition) is 2. The molecule has 0 spiro atoms. The molecule has 17 heavy (non-hydrogen) atoms. The maximum atomic E-state index is 12.0. The summed E-state index contributed by atoms with van der Waals surface area (Å²) in [5.41, 5.74) is 7.99. The summed E-state index contributed by atoms with van der Waals surface area (Å²) in [6.45, 7) is 4.89. The van der Waals surface area contributed by atoms with Gasteiger partial charge in [-0.15, -0.1) is 0 Å². The monoisotopic (exact) mass is 232 g/mol. The third-order valence-corrected chi connectivity index (χ3v) is 3.52. The van der Waals surface area contributed by atoms with Gasteiger partial charge in [-0.2, -0.15) is 0 Å². The molecule has 1 aromatic carbocycles. The smallest absolute Gasteiger partial charge is 0.251 e. The topological polar surface area (TPSA) is 55.1 Å². The molecule has 1 saturated carbocycles. The average Bonchev–Trinajstić information content (AvgIpc) is 3.12. The molecule has 92 valence electrons. The van der Waals surface area contributed by atoms with Crippen LogP contribution in [0.4, 0.5) is 5.69 Å². The lowest BCUT2D eigenvalue weighted by molar-refractivity contribution is 0.0946. The number of anilines is 1. The zero-order chi connectivity index (χ0) is 12.4. The molecule has 1 aliphatic carbocycles. The molecule has 1 atom stereocenters. The van der Waals surface area contributed by atoms with E-state index >= 15 is 0 Å². The van der Waals surface area contributed by atoms with Crippen molar-refractivity contribution in [2.75, 3.05) is 12.3 Å². The number of aryl methyl sites for hydroxylation is 1. The minimum Gasteiger partial charge on any atom is -0.399 e. The number of nitrogens with two attached hydrogens (primary N) is 1. The molecule has 0 aliphatic heterocycles. The van der Waals surface area contributed by atoms with Crippen molar-refractivity contribution in [3.05, 3.63) is 29.3 Å². The number of nitrogens with one attached hydrogen (secondary N) is 1. The molecule has 0 heterocycles. The number of hydrogen-bond donors (Lipinski definition) is 2. The Hall–Kier alpha value is -1.51. The summed E-state index contributed by atoms with van der Waals surface area (Å²) >= 11 is 0. The van der Waals surface area contributed by atoms with Gasteiger partial charge in [0.25, 0.3) is 5.91 Å². The average molecular weight is 232 g/mol. The van der Waals surface area contributed by atoms with Gasteiger partial charge in [0.2, 0.25) is 0 Å². The number of nitrogen functional groups attached to an aromatic ring is 1. The molecule has 0 aromatic heterocycles. The van der Waals surface area contributed by atoms with Crippen molar-refractivity contribution in [3.8, 4) is 0 Å². The van der Waals surface area contributed by atoms with Gasteiger partial charge in [-0.1, -0.05) is 13.0 Å². The minimum atomic E-state index is -0.0118. The fourth-order valence-corrected chi connectivity index (χ4v) is 2.07. The third-order valence-electron chi connectivity index (χ3n) is 3.52. The maximum Gasteiger partial charge on any atom is 0.251 e. The van der Waals surface area contributed by atoms with Gasteiger partial charge in [0.05, 0.1) is 0 Å². The maximum absolute atomic E-state index is 12.0. The van der Waals surface area contributed by atoms with E-state index in [9.17, 15) is 4.79 Å². The van der Waals surface area contributed by atoms with Gasteiger partial charge < -0.3 is 11.1 Å². The van der Waals surface area contributed by atoms with E-state index in [-0.39, 0.29) is 5.91 Å². The van der Waals surface area contributed by atoms with Crippen LogP contribution in [0.5, 0.6) is 0 Å². The summed E-state index contributed by atoms with van der Waals surface area (Å²) in [7, 11) is 0. The minimum absolute atomic E-state index is 0.0118. The van der Waals surface area contributed by atoms with Gasteiger partial charge in [-0.05, 0) is 49.3 Å². The second-order valence-corrected chi connectivity index (χ2v) is 5.10. The predicted octanol–water partition coefficient (Wildman–Crippen LogP) is 2.35. The molecule has 1 aliphatic rings. The standard InChI is InChI=1S/C14H20N2O/c1-9-3-6-12(15)7-13(9)14(17)16-8-10(2)11-4-5-11/h3,6-7,10-11H,4-5,8,15H2,1-2H3,(H,16,17). The fourth-order valence-electron chi connectivity index (χ4n) is 2.07. The molecule has 3 N–H and O–H groups in total. The predicted molar refractivity (Wildman–Crippen MR) is 69.8 cm³/mol. The molecule has 1 amide bonds. The van der Waals surface area contributed by atoms with E-state index in [1.807, 2.05) is 19.1 Å². The quantitative estimate of drug-likeness (QED) is 0.783. The largest absolute Gasteiger partial charge is 0.399 e. The first-order chi connectivity index (χ1) is 8.08. The van der Waals surface area contributed by atoms with Crippen molar-refractivity contribution < 1.29 is 4.79 Å². The van der Waals surface area contributed by atoms with Crippen LogP contribution >= 0.6 is 0 Å². The summed E-state index contributed by atoms with van der Waals surface area (Å²) in [6.07, 6.45) is 2.63. The van der Waals surface area contributed by atoms with Crippen LogP contribution in [0.2, 0.25) is 0 Å². The Balaban J connectivity index is 1.96. The lowest BCUT2D eigenvalue weighted by atomic mass is 10.0. The van der Waals surface area contributed by atoms with Crippen molar-refractivity contribution in [1.82, 2.24) is 5.32 Å². The Labute approximate surface area is 102 Å². The Kier molecular flexibility index (Phi) is 3.36. The van der Waals surface area contributed by atoms with E-state index in [2.05, 4.69) is 12.2 Å². The lowest BCUT2D eigenvalue weighted by Crippen LogP contribution is -2.29. The van der Waals surface area contributed by atoms with E-state index in [1.54, 1.807) is 6.07 Å². The highest BCUT2D eigenvalue weighted by atomic mass is 16.1. The van der Waals surface area contributed by atoms with E-state index in [4.69, 9.17) is 5.73 Å². The second-order valence-electron chi connectivity index (χ2n) is 5.10. The first-order valence-electron chi connectivity index (χ1n) is 6.22. The molecule has 0 bridgehead atoms. The first kappa shape index (κ1) is 12.0. The zero-order valence-electron chi connectivity index (χ0n) is 10.5. The normalized spacial score (nSPS) is 16.6. The van der Waals surface area contributed by atoms with Gasteiger partial charge in [0, 0.05) is 17.8 Å². The van der Waals surface area contributed by atoms with Crippen LogP contribution in [0.25, 0.3) is 0 Å². The fraction of sp³-hybridized carbons (Fsp3) is 0.500. The summed E-state index contributed by atoms with van der Waals surface area (Å²) in [6, 6.07) is 5.44. The molecule has 1 unspecified atom stereocenters. The van der Waals surface area contributed by atoms with E-state index in [0.717, 1.165) is 18.0 Å². The van der Waals surface area contributed by atoms with E-state index in [1.165, 1.54) is 12.8 Å². The number of carbonyl (C=O) groups is 1. The number of carbonyl (C=O) groups excluding carboxylic acids is 1. The highest BCUT2D eigenvalue weighted by molar-refractivity contribution is 5.96. The van der Waals surface area contributed by atoms with Crippen molar-refractivity contribution in [3.63, 3.8) is 0 Å². The lowest BCUT2D eigenvalue weighted by Gasteiger charge is -2.12. The molecule has 0 radical (unpaired) electrons. The molecular weight excluding hydrogens is 212 g/mol. The van der Waals surface area contributed by atoms with Gasteiger partial charge in [0.15, 0.2) is 0 Å². The van der Waals surface area contributed by atoms with Crippen LogP contribution in [-0.4, -0.2) is 12.5 Å². The summed E-state index contributed by atoms with van der Waals surface area (Å²) < 4.78 is 0. The molecule has 0 saturated heterocycles. The Morgan fingerprint density at radius 3 is 2.88 bits per heavy atom. The van der Waals surface area contributed by atoms with Gasteiger partial charge in [-0.25, -0.2) is 0 Å². The van der Waals surface area contributed by atoms with Crippen molar-refractivity contribution >= 4 is 11.6 Å². The SMILES string of the molecule is Cc1ccc(N)cc1C(=O)NCC(C)C1CC1. The van der Waals surface area contributed by atoms with Crippen molar-refractivity contribution in [2.24, 2.45) is 11.8 Å². The van der Waals surface area contributed by atoms with E-state index < -0.39 is 0 Å². The van der Waals surface area contributed by atoms with Crippen molar-refractivity contribution in [1.29, 1.82) is 0 Å². The highest BCUT2D eigenvalue weighted by Crippen LogP contribution is 2.36.